The highest BCUT2D eigenvalue weighted by molar-refractivity contribution is 5.86. The molecule has 0 saturated carbocycles. The van der Waals surface area contributed by atoms with Crippen LogP contribution in [-0.4, -0.2) is 55.5 Å². The zero-order chi connectivity index (χ0) is 12.5. The van der Waals surface area contributed by atoms with Crippen LogP contribution in [-0.2, 0) is 14.3 Å². The van der Waals surface area contributed by atoms with Gasteiger partial charge in [0.2, 0.25) is 0 Å². The SMILES string of the molecule is O=C(N1CC(OC(F)F)C1)C1(F)CCOCC1. The number of alkyl halides is 3. The molecule has 0 N–H and O–H groups in total. The summed E-state index contributed by atoms with van der Waals surface area (Å²) >= 11 is 0. The second kappa shape index (κ2) is 4.81. The standard InChI is InChI=1S/C10H14F3NO3/c11-9(12)17-7-5-14(6-7)8(15)10(13)1-3-16-4-2-10/h7,9H,1-6H2. The summed E-state index contributed by atoms with van der Waals surface area (Å²) in [6.07, 6.45) is -0.617. The maximum atomic E-state index is 14.2. The number of amides is 1. The van der Waals surface area contributed by atoms with Crippen LogP contribution in [0.1, 0.15) is 12.8 Å². The maximum absolute atomic E-state index is 14.2. The molecule has 0 aliphatic carbocycles. The summed E-state index contributed by atoms with van der Waals surface area (Å²) in [5, 5.41) is 0. The van der Waals surface area contributed by atoms with Gasteiger partial charge in [-0.25, -0.2) is 4.39 Å². The molecule has 1 amide bonds. The van der Waals surface area contributed by atoms with Crippen LogP contribution in [0.3, 0.4) is 0 Å². The van der Waals surface area contributed by atoms with E-state index in [1.54, 1.807) is 0 Å². The van der Waals surface area contributed by atoms with Crippen molar-refractivity contribution in [3.8, 4) is 0 Å². The van der Waals surface area contributed by atoms with Crippen molar-refractivity contribution in [2.24, 2.45) is 0 Å². The first-order chi connectivity index (χ1) is 8.01. The highest BCUT2D eigenvalue weighted by Gasteiger charge is 2.46. The molecule has 0 aromatic heterocycles. The normalized spacial score (nSPS) is 24.8. The summed E-state index contributed by atoms with van der Waals surface area (Å²) < 4.78 is 47.1. The molecule has 0 spiro atoms. The lowest BCUT2D eigenvalue weighted by Gasteiger charge is -2.42. The third-order valence-corrected chi connectivity index (χ3v) is 3.10. The van der Waals surface area contributed by atoms with Crippen LogP contribution in [0.4, 0.5) is 13.2 Å². The molecule has 2 heterocycles. The topological polar surface area (TPSA) is 38.8 Å². The monoisotopic (exact) mass is 253 g/mol. The van der Waals surface area contributed by atoms with Crippen LogP contribution in [0, 0.1) is 0 Å². The van der Waals surface area contributed by atoms with E-state index in [1.807, 2.05) is 0 Å². The maximum Gasteiger partial charge on any atom is 0.345 e. The van der Waals surface area contributed by atoms with Gasteiger partial charge in [0.25, 0.3) is 5.91 Å². The van der Waals surface area contributed by atoms with Crippen molar-refractivity contribution in [2.45, 2.75) is 31.2 Å². The first kappa shape index (κ1) is 12.6. The van der Waals surface area contributed by atoms with Crippen molar-refractivity contribution >= 4 is 5.91 Å². The number of hydrogen-bond donors (Lipinski definition) is 0. The lowest BCUT2D eigenvalue weighted by Crippen LogP contribution is -2.61. The summed E-state index contributed by atoms with van der Waals surface area (Å²) in [6, 6.07) is 0. The zero-order valence-corrected chi connectivity index (χ0v) is 9.20. The summed E-state index contributed by atoms with van der Waals surface area (Å²) in [6.45, 7) is -2.34. The Hall–Kier alpha value is -0.820. The molecule has 2 aliphatic heterocycles. The third kappa shape index (κ3) is 2.71. The van der Waals surface area contributed by atoms with Crippen molar-refractivity contribution < 1.29 is 27.4 Å². The molecule has 0 aromatic carbocycles. The molecule has 0 bridgehead atoms. The predicted molar refractivity (Wildman–Crippen MR) is 51.3 cm³/mol. The third-order valence-electron chi connectivity index (χ3n) is 3.10. The first-order valence-corrected chi connectivity index (χ1v) is 5.51. The number of carbonyl (C=O) groups is 1. The van der Waals surface area contributed by atoms with Gasteiger partial charge in [0.05, 0.1) is 19.3 Å². The van der Waals surface area contributed by atoms with Crippen LogP contribution in [0.15, 0.2) is 0 Å². The van der Waals surface area contributed by atoms with E-state index in [4.69, 9.17) is 4.74 Å². The molecule has 98 valence electrons. The van der Waals surface area contributed by atoms with E-state index in [0.29, 0.717) is 0 Å². The van der Waals surface area contributed by atoms with Gasteiger partial charge in [0.15, 0.2) is 5.67 Å². The van der Waals surface area contributed by atoms with Gasteiger partial charge in [-0.3, -0.25) is 4.79 Å². The minimum absolute atomic E-state index is 0.0305. The molecular weight excluding hydrogens is 239 g/mol. The highest BCUT2D eigenvalue weighted by Crippen LogP contribution is 2.30. The molecule has 0 aromatic rings. The number of ether oxygens (including phenoxy) is 2. The fraction of sp³-hybridized carbons (Fsp3) is 0.900. The smallest absolute Gasteiger partial charge is 0.345 e. The summed E-state index contributed by atoms with van der Waals surface area (Å²) in [5.74, 6) is -0.630. The van der Waals surface area contributed by atoms with Gasteiger partial charge < -0.3 is 14.4 Å². The number of carbonyl (C=O) groups excluding carboxylic acids is 1. The van der Waals surface area contributed by atoms with Gasteiger partial charge in [-0.05, 0) is 0 Å². The van der Waals surface area contributed by atoms with Gasteiger partial charge in [-0.15, -0.1) is 0 Å². The molecule has 0 radical (unpaired) electrons. The van der Waals surface area contributed by atoms with E-state index in [2.05, 4.69) is 4.74 Å². The molecular formula is C10H14F3NO3. The molecule has 2 saturated heterocycles. The Morgan fingerprint density at radius 2 is 1.94 bits per heavy atom. The predicted octanol–water partition coefficient (Wildman–Crippen LogP) is 0.955. The van der Waals surface area contributed by atoms with Crippen molar-refractivity contribution in [3.05, 3.63) is 0 Å². The fourth-order valence-electron chi connectivity index (χ4n) is 2.03. The molecule has 0 atom stereocenters. The van der Waals surface area contributed by atoms with Crippen molar-refractivity contribution in [3.63, 3.8) is 0 Å². The van der Waals surface area contributed by atoms with E-state index < -0.39 is 24.3 Å². The second-order valence-corrected chi connectivity index (χ2v) is 4.31. The molecule has 2 fully saturated rings. The van der Waals surface area contributed by atoms with Gasteiger partial charge in [-0.1, -0.05) is 0 Å². The van der Waals surface area contributed by atoms with E-state index in [9.17, 15) is 18.0 Å². The Morgan fingerprint density at radius 3 is 2.47 bits per heavy atom. The number of likely N-dealkylation sites (tertiary alicyclic amines) is 1. The minimum Gasteiger partial charge on any atom is -0.381 e. The average molecular weight is 253 g/mol. The Kier molecular flexibility index (Phi) is 3.58. The van der Waals surface area contributed by atoms with Crippen LogP contribution in [0.2, 0.25) is 0 Å². The minimum atomic E-state index is -2.85. The summed E-state index contributed by atoms with van der Waals surface area (Å²) in [4.78, 5) is 13.0. The largest absolute Gasteiger partial charge is 0.381 e. The van der Waals surface area contributed by atoms with Gasteiger partial charge in [0.1, 0.15) is 0 Å². The van der Waals surface area contributed by atoms with Crippen LogP contribution < -0.4 is 0 Å². The van der Waals surface area contributed by atoms with Crippen LogP contribution >= 0.6 is 0 Å². The van der Waals surface area contributed by atoms with Crippen LogP contribution in [0.25, 0.3) is 0 Å². The fourth-order valence-corrected chi connectivity index (χ4v) is 2.03. The Bertz CT molecular complexity index is 289. The quantitative estimate of drug-likeness (QED) is 0.752. The lowest BCUT2D eigenvalue weighted by atomic mass is 9.93. The Balaban J connectivity index is 1.82. The molecule has 2 aliphatic rings. The number of halogens is 3. The molecule has 17 heavy (non-hydrogen) atoms. The van der Waals surface area contributed by atoms with Crippen LogP contribution in [0.5, 0.6) is 0 Å². The van der Waals surface area contributed by atoms with Crippen molar-refractivity contribution in [1.82, 2.24) is 4.90 Å². The van der Waals surface area contributed by atoms with Crippen molar-refractivity contribution in [1.29, 1.82) is 0 Å². The highest BCUT2D eigenvalue weighted by atomic mass is 19.3. The van der Waals surface area contributed by atoms with Gasteiger partial charge in [0, 0.05) is 25.9 Å². The van der Waals surface area contributed by atoms with Crippen molar-refractivity contribution in [2.75, 3.05) is 26.3 Å². The number of rotatable bonds is 3. The zero-order valence-electron chi connectivity index (χ0n) is 9.20. The van der Waals surface area contributed by atoms with Gasteiger partial charge in [-0.2, -0.15) is 8.78 Å². The second-order valence-electron chi connectivity index (χ2n) is 4.31. The summed E-state index contributed by atoms with van der Waals surface area (Å²) in [5.41, 5.74) is -1.89. The lowest BCUT2D eigenvalue weighted by molar-refractivity contribution is -0.204. The summed E-state index contributed by atoms with van der Waals surface area (Å²) in [7, 11) is 0. The Labute approximate surface area is 96.7 Å². The van der Waals surface area contributed by atoms with E-state index in [1.165, 1.54) is 4.90 Å². The first-order valence-electron chi connectivity index (χ1n) is 5.51. The molecule has 2 rings (SSSR count). The van der Waals surface area contributed by atoms with Gasteiger partial charge >= 0.3 is 6.61 Å². The average Bonchev–Trinajstić information content (AvgIpc) is 2.22. The number of hydrogen-bond acceptors (Lipinski definition) is 3. The molecule has 4 nitrogen and oxygen atoms in total. The van der Waals surface area contributed by atoms with E-state index in [-0.39, 0.29) is 39.1 Å². The molecule has 0 unspecified atom stereocenters. The Morgan fingerprint density at radius 1 is 1.35 bits per heavy atom. The van der Waals surface area contributed by atoms with E-state index in [0.717, 1.165) is 0 Å². The number of nitrogens with zero attached hydrogens (tertiary/aromatic N) is 1. The van der Waals surface area contributed by atoms with E-state index >= 15 is 0 Å². The molecule has 7 heteroatoms.